The Kier molecular flexibility index (Phi) is 3.98. The molecule has 0 fully saturated rings. The number of nitrogens with zero attached hydrogens (tertiary/aromatic N) is 2. The Bertz CT molecular complexity index is 654. The van der Waals surface area contributed by atoms with E-state index < -0.39 is 5.97 Å². The van der Waals surface area contributed by atoms with E-state index in [2.05, 4.69) is 15.3 Å². The average molecular weight is 271 g/mol. The first-order chi connectivity index (χ1) is 9.49. The van der Waals surface area contributed by atoms with Crippen LogP contribution in [0.4, 0.5) is 11.5 Å². The van der Waals surface area contributed by atoms with Crippen molar-refractivity contribution in [2.45, 2.75) is 27.2 Å². The van der Waals surface area contributed by atoms with Crippen molar-refractivity contribution in [3.8, 4) is 0 Å². The molecule has 0 unspecified atom stereocenters. The van der Waals surface area contributed by atoms with Crippen LogP contribution in [0, 0.1) is 13.8 Å². The number of carboxylic acid groups (broad SMARTS) is 1. The van der Waals surface area contributed by atoms with Gasteiger partial charge in [0.25, 0.3) is 0 Å². The van der Waals surface area contributed by atoms with Crippen LogP contribution in [0.5, 0.6) is 0 Å². The number of nitrogens with one attached hydrogen (secondary N) is 1. The van der Waals surface area contributed by atoms with Crippen molar-refractivity contribution in [1.29, 1.82) is 0 Å². The molecule has 104 valence electrons. The maximum absolute atomic E-state index is 11.0. The van der Waals surface area contributed by atoms with Gasteiger partial charge in [-0.2, -0.15) is 0 Å². The lowest BCUT2D eigenvalue weighted by Gasteiger charge is -2.09. The molecular formula is C15H17N3O2. The van der Waals surface area contributed by atoms with Crippen LogP contribution in [-0.4, -0.2) is 21.0 Å². The van der Waals surface area contributed by atoms with E-state index in [1.54, 1.807) is 25.1 Å². The van der Waals surface area contributed by atoms with Gasteiger partial charge in [0.15, 0.2) is 0 Å². The highest BCUT2D eigenvalue weighted by atomic mass is 16.4. The highest BCUT2D eigenvalue weighted by molar-refractivity contribution is 5.90. The highest BCUT2D eigenvalue weighted by Gasteiger charge is 2.08. The van der Waals surface area contributed by atoms with Gasteiger partial charge >= 0.3 is 5.97 Å². The molecule has 1 aromatic carbocycles. The molecule has 0 aliphatic carbocycles. The van der Waals surface area contributed by atoms with Crippen LogP contribution in [0.1, 0.15) is 34.4 Å². The van der Waals surface area contributed by atoms with Gasteiger partial charge in [-0.05, 0) is 44.0 Å². The molecule has 1 aromatic heterocycles. The van der Waals surface area contributed by atoms with E-state index in [0.29, 0.717) is 17.0 Å². The van der Waals surface area contributed by atoms with Crippen molar-refractivity contribution in [3.05, 3.63) is 46.9 Å². The number of anilines is 2. The minimum absolute atomic E-state index is 0.309. The van der Waals surface area contributed by atoms with Gasteiger partial charge < -0.3 is 10.4 Å². The van der Waals surface area contributed by atoms with Gasteiger partial charge in [-0.15, -0.1) is 0 Å². The Labute approximate surface area is 117 Å². The minimum Gasteiger partial charge on any atom is -0.478 e. The lowest BCUT2D eigenvalue weighted by Crippen LogP contribution is -2.03. The third kappa shape index (κ3) is 3.12. The number of carbonyl (C=O) groups is 1. The molecule has 0 bridgehead atoms. The van der Waals surface area contributed by atoms with E-state index in [4.69, 9.17) is 5.11 Å². The van der Waals surface area contributed by atoms with Crippen LogP contribution in [0.15, 0.2) is 24.3 Å². The minimum atomic E-state index is -0.916. The molecule has 1 heterocycles. The van der Waals surface area contributed by atoms with Crippen LogP contribution >= 0.6 is 0 Å². The lowest BCUT2D eigenvalue weighted by atomic mass is 10.1. The summed E-state index contributed by atoms with van der Waals surface area (Å²) in [7, 11) is 0. The highest BCUT2D eigenvalue weighted by Crippen LogP contribution is 2.19. The molecule has 2 rings (SSSR count). The molecule has 0 saturated carbocycles. The molecule has 20 heavy (non-hydrogen) atoms. The quantitative estimate of drug-likeness (QED) is 0.893. The van der Waals surface area contributed by atoms with E-state index in [-0.39, 0.29) is 0 Å². The zero-order valence-electron chi connectivity index (χ0n) is 11.8. The van der Waals surface area contributed by atoms with Crippen LogP contribution in [0.3, 0.4) is 0 Å². The van der Waals surface area contributed by atoms with Gasteiger partial charge in [0, 0.05) is 17.4 Å². The molecule has 0 atom stereocenters. The van der Waals surface area contributed by atoms with E-state index >= 15 is 0 Å². The monoisotopic (exact) mass is 271 g/mol. The number of rotatable bonds is 4. The summed E-state index contributed by atoms with van der Waals surface area (Å²) in [6.45, 7) is 5.66. The summed E-state index contributed by atoms with van der Waals surface area (Å²) in [6.07, 6.45) is 0.842. The number of aryl methyl sites for hydroxylation is 3. The molecule has 0 aliphatic rings. The molecule has 0 aliphatic heterocycles. The second-order valence-electron chi connectivity index (χ2n) is 4.61. The van der Waals surface area contributed by atoms with Crippen LogP contribution < -0.4 is 5.32 Å². The van der Waals surface area contributed by atoms with E-state index in [0.717, 1.165) is 23.6 Å². The smallest absolute Gasteiger partial charge is 0.335 e. The predicted molar refractivity (Wildman–Crippen MR) is 77.6 cm³/mol. The Morgan fingerprint density at radius 3 is 2.60 bits per heavy atom. The van der Waals surface area contributed by atoms with Gasteiger partial charge in [0.1, 0.15) is 11.6 Å². The van der Waals surface area contributed by atoms with E-state index in [1.807, 2.05) is 19.9 Å². The lowest BCUT2D eigenvalue weighted by molar-refractivity contribution is 0.0696. The molecule has 0 amide bonds. The topological polar surface area (TPSA) is 75.1 Å². The van der Waals surface area contributed by atoms with Crippen molar-refractivity contribution in [2.24, 2.45) is 0 Å². The largest absolute Gasteiger partial charge is 0.478 e. The first-order valence-electron chi connectivity index (χ1n) is 6.45. The second kappa shape index (κ2) is 5.69. The standard InChI is InChI=1S/C15H17N3O2/c1-4-11-8-14(17-10(3)16-11)18-12-5-6-13(15(19)20)9(2)7-12/h5-8H,4H2,1-3H3,(H,19,20)(H,16,17,18). The number of hydrogen-bond acceptors (Lipinski definition) is 4. The van der Waals surface area contributed by atoms with Gasteiger partial charge in [-0.25, -0.2) is 14.8 Å². The summed E-state index contributed by atoms with van der Waals surface area (Å²) in [5.41, 5.74) is 2.80. The fraction of sp³-hybridized carbons (Fsp3) is 0.267. The van der Waals surface area contributed by atoms with Crippen molar-refractivity contribution in [3.63, 3.8) is 0 Å². The molecule has 5 heteroatoms. The maximum atomic E-state index is 11.0. The molecular weight excluding hydrogens is 254 g/mol. The number of hydrogen-bond donors (Lipinski definition) is 2. The fourth-order valence-corrected chi connectivity index (χ4v) is 2.00. The summed E-state index contributed by atoms with van der Waals surface area (Å²) in [4.78, 5) is 19.6. The Morgan fingerprint density at radius 1 is 1.25 bits per heavy atom. The van der Waals surface area contributed by atoms with Crippen LogP contribution in [0.2, 0.25) is 0 Å². The van der Waals surface area contributed by atoms with Crippen LogP contribution in [0.25, 0.3) is 0 Å². The third-order valence-electron chi connectivity index (χ3n) is 2.98. The molecule has 0 saturated heterocycles. The van der Waals surface area contributed by atoms with Gasteiger partial charge in [-0.3, -0.25) is 0 Å². The van der Waals surface area contributed by atoms with Gasteiger partial charge in [0.2, 0.25) is 0 Å². The first kappa shape index (κ1) is 14.0. The summed E-state index contributed by atoms with van der Waals surface area (Å²) in [6, 6.07) is 7.02. The SMILES string of the molecule is CCc1cc(Nc2ccc(C(=O)O)c(C)c2)nc(C)n1. The third-order valence-corrected chi connectivity index (χ3v) is 2.98. The first-order valence-corrected chi connectivity index (χ1v) is 6.45. The summed E-state index contributed by atoms with van der Waals surface area (Å²) in [5.74, 6) is 0.516. The molecule has 0 radical (unpaired) electrons. The summed E-state index contributed by atoms with van der Waals surface area (Å²) < 4.78 is 0. The van der Waals surface area contributed by atoms with Crippen molar-refractivity contribution in [2.75, 3.05) is 5.32 Å². The van der Waals surface area contributed by atoms with Gasteiger partial charge in [0.05, 0.1) is 5.56 Å². The zero-order chi connectivity index (χ0) is 14.7. The van der Waals surface area contributed by atoms with Crippen molar-refractivity contribution in [1.82, 2.24) is 9.97 Å². The fourth-order valence-electron chi connectivity index (χ4n) is 2.00. The second-order valence-corrected chi connectivity index (χ2v) is 4.61. The number of aromatic nitrogens is 2. The van der Waals surface area contributed by atoms with Crippen LogP contribution in [-0.2, 0) is 6.42 Å². The predicted octanol–water partition coefficient (Wildman–Crippen LogP) is 3.10. The van der Waals surface area contributed by atoms with E-state index in [1.165, 1.54) is 0 Å². The number of aromatic carboxylic acids is 1. The summed E-state index contributed by atoms with van der Waals surface area (Å²) >= 11 is 0. The van der Waals surface area contributed by atoms with Crippen molar-refractivity contribution < 1.29 is 9.90 Å². The molecule has 2 N–H and O–H groups in total. The zero-order valence-corrected chi connectivity index (χ0v) is 11.8. The Balaban J connectivity index is 2.28. The summed E-state index contributed by atoms with van der Waals surface area (Å²) in [5, 5.41) is 12.2. The van der Waals surface area contributed by atoms with Gasteiger partial charge in [-0.1, -0.05) is 6.92 Å². The molecule has 2 aromatic rings. The molecule has 0 spiro atoms. The Hall–Kier alpha value is -2.43. The normalized spacial score (nSPS) is 10.3. The number of carboxylic acids is 1. The van der Waals surface area contributed by atoms with Crippen molar-refractivity contribution >= 4 is 17.5 Å². The Morgan fingerprint density at radius 2 is 2.00 bits per heavy atom. The number of benzene rings is 1. The maximum Gasteiger partial charge on any atom is 0.335 e. The van der Waals surface area contributed by atoms with E-state index in [9.17, 15) is 4.79 Å². The molecule has 5 nitrogen and oxygen atoms in total. The average Bonchev–Trinajstić information content (AvgIpc) is 2.37.